The summed E-state index contributed by atoms with van der Waals surface area (Å²) in [7, 11) is 0. The van der Waals surface area contributed by atoms with Crippen LogP contribution in [0.1, 0.15) is 27.1 Å². The molecule has 8 heteroatoms. The van der Waals surface area contributed by atoms with Gasteiger partial charge in [-0.1, -0.05) is 23.2 Å². The molecule has 0 radical (unpaired) electrons. The van der Waals surface area contributed by atoms with Crippen molar-refractivity contribution in [2.75, 3.05) is 13.2 Å². The number of hydrogen-bond donors (Lipinski definition) is 2. The number of hydrazine groups is 1. The Morgan fingerprint density at radius 3 is 2.40 bits per heavy atom. The first-order chi connectivity index (χ1) is 12.0. The Kier molecular flexibility index (Phi) is 5.31. The van der Waals surface area contributed by atoms with Crippen molar-refractivity contribution in [1.82, 2.24) is 10.9 Å². The van der Waals surface area contributed by atoms with Crippen LogP contribution in [0.15, 0.2) is 36.4 Å². The lowest BCUT2D eigenvalue weighted by atomic mass is 10.2. The topological polar surface area (TPSA) is 76.7 Å². The average molecular weight is 381 g/mol. The molecule has 0 unspecified atom stereocenters. The van der Waals surface area contributed by atoms with Gasteiger partial charge in [0, 0.05) is 17.0 Å². The molecule has 0 spiro atoms. The van der Waals surface area contributed by atoms with Crippen LogP contribution in [0, 0.1) is 0 Å². The van der Waals surface area contributed by atoms with Crippen molar-refractivity contribution >= 4 is 35.0 Å². The molecule has 0 atom stereocenters. The molecule has 130 valence electrons. The summed E-state index contributed by atoms with van der Waals surface area (Å²) in [6.45, 7) is 1.08. The Bertz CT molecular complexity index is 826. The summed E-state index contributed by atoms with van der Waals surface area (Å²) in [6.07, 6.45) is 0.770. The minimum Gasteiger partial charge on any atom is -0.490 e. The highest BCUT2D eigenvalue weighted by Gasteiger charge is 2.16. The van der Waals surface area contributed by atoms with Gasteiger partial charge >= 0.3 is 0 Å². The Balaban J connectivity index is 1.67. The summed E-state index contributed by atoms with van der Waals surface area (Å²) in [5.41, 5.74) is 5.12. The van der Waals surface area contributed by atoms with Gasteiger partial charge in [0.2, 0.25) is 0 Å². The second-order valence-corrected chi connectivity index (χ2v) is 6.09. The van der Waals surface area contributed by atoms with Gasteiger partial charge in [0.05, 0.1) is 23.8 Å². The predicted octanol–water partition coefficient (Wildman–Crippen LogP) is 3.23. The Labute approximate surface area is 154 Å². The molecule has 0 bridgehead atoms. The molecular weight excluding hydrogens is 367 g/mol. The molecule has 25 heavy (non-hydrogen) atoms. The van der Waals surface area contributed by atoms with Crippen LogP contribution in [-0.2, 0) is 0 Å². The van der Waals surface area contributed by atoms with E-state index < -0.39 is 11.8 Å². The first-order valence-corrected chi connectivity index (χ1v) is 8.25. The fraction of sp³-hybridized carbons (Fsp3) is 0.176. The van der Waals surface area contributed by atoms with Gasteiger partial charge in [0.1, 0.15) is 0 Å². The molecule has 0 aliphatic carbocycles. The van der Waals surface area contributed by atoms with E-state index in [2.05, 4.69) is 10.9 Å². The van der Waals surface area contributed by atoms with E-state index in [-0.39, 0.29) is 10.6 Å². The predicted molar refractivity (Wildman–Crippen MR) is 93.4 cm³/mol. The number of fused-ring (bicyclic) bond motifs is 1. The second kappa shape index (κ2) is 7.63. The quantitative estimate of drug-likeness (QED) is 0.784. The minimum atomic E-state index is -0.574. The van der Waals surface area contributed by atoms with Gasteiger partial charge in [0.15, 0.2) is 11.5 Å². The molecule has 1 aliphatic rings. The summed E-state index contributed by atoms with van der Waals surface area (Å²) in [5.74, 6) is 0.00972. The SMILES string of the molecule is O=C(NNC(=O)c1cc(Cl)ccc1Cl)c1ccc2c(c1)OCCCO2. The molecule has 2 aromatic carbocycles. The van der Waals surface area contributed by atoms with Gasteiger partial charge in [-0.15, -0.1) is 0 Å². The molecule has 1 aliphatic heterocycles. The van der Waals surface area contributed by atoms with Gasteiger partial charge in [-0.3, -0.25) is 20.4 Å². The number of benzene rings is 2. The highest BCUT2D eigenvalue weighted by atomic mass is 35.5. The molecule has 1 heterocycles. The molecule has 2 amide bonds. The Morgan fingerprint density at radius 2 is 1.60 bits per heavy atom. The summed E-state index contributed by atoms with van der Waals surface area (Å²) < 4.78 is 11.0. The van der Waals surface area contributed by atoms with Gasteiger partial charge in [-0.05, 0) is 36.4 Å². The number of ether oxygens (including phenoxy) is 2. The van der Waals surface area contributed by atoms with Crippen LogP contribution < -0.4 is 20.3 Å². The van der Waals surface area contributed by atoms with Crippen molar-refractivity contribution in [3.8, 4) is 11.5 Å². The minimum absolute atomic E-state index is 0.160. The molecule has 3 rings (SSSR count). The molecular formula is C17H14Cl2N2O4. The largest absolute Gasteiger partial charge is 0.490 e. The van der Waals surface area contributed by atoms with E-state index in [4.69, 9.17) is 32.7 Å². The molecule has 0 aromatic heterocycles. The maximum Gasteiger partial charge on any atom is 0.271 e. The van der Waals surface area contributed by atoms with Crippen molar-refractivity contribution in [2.24, 2.45) is 0 Å². The highest BCUT2D eigenvalue weighted by Crippen LogP contribution is 2.30. The van der Waals surface area contributed by atoms with E-state index in [1.165, 1.54) is 12.1 Å². The zero-order valence-corrected chi connectivity index (χ0v) is 14.5. The average Bonchev–Trinajstić information content (AvgIpc) is 2.86. The van der Waals surface area contributed by atoms with E-state index in [9.17, 15) is 9.59 Å². The lowest BCUT2D eigenvalue weighted by Gasteiger charge is -2.11. The smallest absolute Gasteiger partial charge is 0.271 e. The first kappa shape index (κ1) is 17.4. The van der Waals surface area contributed by atoms with E-state index in [1.807, 2.05) is 0 Å². The standard InChI is InChI=1S/C17H14Cl2N2O4/c18-11-3-4-13(19)12(9-11)17(23)21-20-16(22)10-2-5-14-15(8-10)25-7-1-6-24-14/h2-5,8-9H,1,6-7H2,(H,20,22)(H,21,23). The third kappa shape index (κ3) is 4.15. The van der Waals surface area contributed by atoms with Crippen LogP contribution in [0.4, 0.5) is 0 Å². The summed E-state index contributed by atoms with van der Waals surface area (Å²) in [4.78, 5) is 24.3. The molecule has 0 saturated heterocycles. The Morgan fingerprint density at radius 1 is 0.880 bits per heavy atom. The number of rotatable bonds is 2. The molecule has 2 aromatic rings. The maximum atomic E-state index is 12.2. The monoisotopic (exact) mass is 380 g/mol. The Hall–Kier alpha value is -2.44. The number of carbonyl (C=O) groups excluding carboxylic acids is 2. The van der Waals surface area contributed by atoms with Crippen molar-refractivity contribution < 1.29 is 19.1 Å². The van der Waals surface area contributed by atoms with Crippen LogP contribution in [0.5, 0.6) is 11.5 Å². The summed E-state index contributed by atoms with van der Waals surface area (Å²) in [5, 5.41) is 0.593. The number of carbonyl (C=O) groups is 2. The molecule has 2 N–H and O–H groups in total. The van der Waals surface area contributed by atoms with Crippen LogP contribution in [0.3, 0.4) is 0 Å². The van der Waals surface area contributed by atoms with Crippen LogP contribution >= 0.6 is 23.2 Å². The van der Waals surface area contributed by atoms with Crippen LogP contribution in [0.25, 0.3) is 0 Å². The maximum absolute atomic E-state index is 12.2. The van der Waals surface area contributed by atoms with E-state index in [0.29, 0.717) is 35.3 Å². The second-order valence-electron chi connectivity index (χ2n) is 5.24. The zero-order valence-electron chi connectivity index (χ0n) is 13.0. The number of amides is 2. The summed E-state index contributed by atoms with van der Waals surface area (Å²) in [6, 6.07) is 9.29. The fourth-order valence-electron chi connectivity index (χ4n) is 2.23. The van der Waals surface area contributed by atoms with Gasteiger partial charge < -0.3 is 9.47 Å². The van der Waals surface area contributed by atoms with Crippen LogP contribution in [0.2, 0.25) is 10.0 Å². The summed E-state index contributed by atoms with van der Waals surface area (Å²) >= 11 is 11.8. The fourth-order valence-corrected chi connectivity index (χ4v) is 2.60. The highest BCUT2D eigenvalue weighted by molar-refractivity contribution is 6.35. The number of halogens is 2. The van der Waals surface area contributed by atoms with Crippen molar-refractivity contribution in [1.29, 1.82) is 0 Å². The molecule has 6 nitrogen and oxygen atoms in total. The van der Waals surface area contributed by atoms with Gasteiger partial charge in [-0.2, -0.15) is 0 Å². The lowest BCUT2D eigenvalue weighted by molar-refractivity contribution is 0.0846. The number of hydrogen-bond acceptors (Lipinski definition) is 4. The zero-order chi connectivity index (χ0) is 17.8. The lowest BCUT2D eigenvalue weighted by Crippen LogP contribution is -2.41. The van der Waals surface area contributed by atoms with E-state index in [0.717, 1.165) is 6.42 Å². The first-order valence-electron chi connectivity index (χ1n) is 7.50. The molecule has 0 saturated carbocycles. The van der Waals surface area contributed by atoms with Crippen LogP contribution in [-0.4, -0.2) is 25.0 Å². The van der Waals surface area contributed by atoms with Crippen molar-refractivity contribution in [3.05, 3.63) is 57.6 Å². The van der Waals surface area contributed by atoms with Crippen molar-refractivity contribution in [2.45, 2.75) is 6.42 Å². The van der Waals surface area contributed by atoms with Gasteiger partial charge in [-0.25, -0.2) is 0 Å². The van der Waals surface area contributed by atoms with Gasteiger partial charge in [0.25, 0.3) is 11.8 Å². The van der Waals surface area contributed by atoms with E-state index in [1.54, 1.807) is 24.3 Å². The van der Waals surface area contributed by atoms with E-state index >= 15 is 0 Å². The third-order valence-corrected chi connectivity index (χ3v) is 4.04. The van der Waals surface area contributed by atoms with Crippen molar-refractivity contribution in [3.63, 3.8) is 0 Å². The normalized spacial score (nSPS) is 12.9. The number of nitrogens with one attached hydrogen (secondary N) is 2. The molecule has 0 fully saturated rings. The third-order valence-electron chi connectivity index (χ3n) is 3.47.